The van der Waals surface area contributed by atoms with Crippen LogP contribution in [0, 0.1) is 11.6 Å². The van der Waals surface area contributed by atoms with Crippen molar-refractivity contribution in [1.29, 1.82) is 0 Å². The Bertz CT molecular complexity index is 586. The van der Waals surface area contributed by atoms with E-state index in [4.69, 9.17) is 9.47 Å². The Kier molecular flexibility index (Phi) is 4.29. The summed E-state index contributed by atoms with van der Waals surface area (Å²) in [5.74, 6) is -1.25. The second-order valence-electron chi connectivity index (χ2n) is 3.83. The Morgan fingerprint density at radius 1 is 1.10 bits per heavy atom. The normalized spacial score (nSPS) is 10.2. The number of ether oxygens (including phenoxy) is 2. The Hall–Kier alpha value is -2.44. The topological polar surface area (TPSA) is 56.3 Å². The summed E-state index contributed by atoms with van der Waals surface area (Å²) in [6.45, 7) is 0.132. The second kappa shape index (κ2) is 6.14. The van der Waals surface area contributed by atoms with Crippen LogP contribution >= 0.6 is 0 Å². The lowest BCUT2D eigenvalue weighted by molar-refractivity contribution is 0.363. The van der Waals surface area contributed by atoms with Crippen molar-refractivity contribution in [1.82, 2.24) is 9.97 Å². The highest BCUT2D eigenvalue weighted by atomic mass is 19.2. The highest BCUT2D eigenvalue weighted by Crippen LogP contribution is 2.25. The first-order chi connectivity index (χ1) is 9.67. The maximum atomic E-state index is 13.5. The number of halogens is 2. The van der Waals surface area contributed by atoms with Gasteiger partial charge in [-0.1, -0.05) is 6.07 Å². The summed E-state index contributed by atoms with van der Waals surface area (Å²) in [6, 6.07) is 3.89. The summed E-state index contributed by atoms with van der Waals surface area (Å²) in [5.41, 5.74) is 0.555. The van der Waals surface area contributed by atoms with Crippen molar-refractivity contribution in [3.05, 3.63) is 41.7 Å². The van der Waals surface area contributed by atoms with E-state index in [0.717, 1.165) is 6.07 Å². The molecule has 0 amide bonds. The number of benzene rings is 1. The molecule has 0 saturated carbocycles. The molecule has 0 saturated heterocycles. The lowest BCUT2D eigenvalue weighted by atomic mass is 10.2. The molecule has 0 bridgehead atoms. The number of nitrogens with one attached hydrogen (secondary N) is 1. The van der Waals surface area contributed by atoms with Crippen molar-refractivity contribution < 1.29 is 18.3 Å². The van der Waals surface area contributed by atoms with Gasteiger partial charge in [-0.05, 0) is 12.1 Å². The van der Waals surface area contributed by atoms with Crippen LogP contribution in [0.2, 0.25) is 0 Å². The first kappa shape index (κ1) is 14.0. The van der Waals surface area contributed by atoms with Gasteiger partial charge in [0.15, 0.2) is 11.6 Å². The van der Waals surface area contributed by atoms with Gasteiger partial charge in [0.1, 0.15) is 6.33 Å². The van der Waals surface area contributed by atoms with Gasteiger partial charge in [0, 0.05) is 0 Å². The van der Waals surface area contributed by atoms with Gasteiger partial charge >= 0.3 is 0 Å². The lowest BCUT2D eigenvalue weighted by Crippen LogP contribution is -2.08. The van der Waals surface area contributed by atoms with Crippen LogP contribution in [0.25, 0.3) is 0 Å². The average molecular weight is 281 g/mol. The minimum atomic E-state index is -0.942. The number of aromatic nitrogens is 2. The number of hydrogen-bond acceptors (Lipinski definition) is 5. The highest BCUT2D eigenvalue weighted by Gasteiger charge is 2.14. The summed E-state index contributed by atoms with van der Waals surface area (Å²) < 4.78 is 36.8. The standard InChI is InChI=1S/C13H13F2N3O2/c1-19-12-8(13(20-2)18-7-17-12)6-16-10-5-3-4-9(14)11(10)15/h3-5,7,16H,6H2,1-2H3. The van der Waals surface area contributed by atoms with Crippen LogP contribution in [0.5, 0.6) is 11.8 Å². The first-order valence-electron chi connectivity index (χ1n) is 5.77. The van der Waals surface area contributed by atoms with Crippen molar-refractivity contribution in [3.8, 4) is 11.8 Å². The molecule has 2 aromatic rings. The number of hydrogen-bond donors (Lipinski definition) is 1. The molecule has 5 nitrogen and oxygen atoms in total. The average Bonchev–Trinajstić information content (AvgIpc) is 2.48. The molecule has 1 N–H and O–H groups in total. The predicted octanol–water partition coefficient (Wildman–Crippen LogP) is 2.38. The van der Waals surface area contributed by atoms with Gasteiger partial charge < -0.3 is 14.8 Å². The molecule has 2 rings (SSSR count). The lowest BCUT2D eigenvalue weighted by Gasteiger charge is -2.12. The molecule has 7 heteroatoms. The van der Waals surface area contributed by atoms with Crippen LogP contribution in [-0.4, -0.2) is 24.2 Å². The monoisotopic (exact) mass is 281 g/mol. The van der Waals surface area contributed by atoms with Crippen molar-refractivity contribution in [2.75, 3.05) is 19.5 Å². The molecule has 0 fully saturated rings. The highest BCUT2D eigenvalue weighted by molar-refractivity contribution is 5.47. The van der Waals surface area contributed by atoms with Crippen molar-refractivity contribution in [3.63, 3.8) is 0 Å². The molecule has 0 atom stereocenters. The molecule has 20 heavy (non-hydrogen) atoms. The van der Waals surface area contributed by atoms with E-state index < -0.39 is 11.6 Å². The molecule has 0 aliphatic carbocycles. The third-order valence-electron chi connectivity index (χ3n) is 2.66. The van der Waals surface area contributed by atoms with Crippen LogP contribution in [0.3, 0.4) is 0 Å². The minimum absolute atomic E-state index is 0.0398. The van der Waals surface area contributed by atoms with Gasteiger partial charge in [-0.25, -0.2) is 18.7 Å². The predicted molar refractivity (Wildman–Crippen MR) is 68.8 cm³/mol. The zero-order valence-corrected chi connectivity index (χ0v) is 11.0. The van der Waals surface area contributed by atoms with Gasteiger partial charge in [0.2, 0.25) is 11.8 Å². The molecule has 1 aromatic carbocycles. The molecule has 1 heterocycles. The van der Waals surface area contributed by atoms with Crippen LogP contribution in [-0.2, 0) is 6.54 Å². The molecule has 0 aliphatic heterocycles. The van der Waals surface area contributed by atoms with E-state index in [-0.39, 0.29) is 12.2 Å². The third kappa shape index (κ3) is 2.76. The van der Waals surface area contributed by atoms with Crippen molar-refractivity contribution >= 4 is 5.69 Å². The van der Waals surface area contributed by atoms with Crippen LogP contribution < -0.4 is 14.8 Å². The molecule has 106 valence electrons. The Morgan fingerprint density at radius 2 is 1.75 bits per heavy atom. The van der Waals surface area contributed by atoms with Gasteiger partial charge in [0.05, 0.1) is 32.0 Å². The second-order valence-corrected chi connectivity index (χ2v) is 3.83. The number of nitrogens with zero attached hydrogens (tertiary/aromatic N) is 2. The molecular weight excluding hydrogens is 268 g/mol. The fourth-order valence-electron chi connectivity index (χ4n) is 1.71. The van der Waals surface area contributed by atoms with E-state index in [1.165, 1.54) is 32.7 Å². The third-order valence-corrected chi connectivity index (χ3v) is 2.66. The van der Waals surface area contributed by atoms with E-state index in [1.807, 2.05) is 0 Å². The fourth-order valence-corrected chi connectivity index (χ4v) is 1.71. The fraction of sp³-hybridized carbons (Fsp3) is 0.231. The quantitative estimate of drug-likeness (QED) is 0.912. The zero-order chi connectivity index (χ0) is 14.5. The van der Waals surface area contributed by atoms with Crippen LogP contribution in [0.1, 0.15) is 5.56 Å². The SMILES string of the molecule is COc1ncnc(OC)c1CNc1cccc(F)c1F. The summed E-state index contributed by atoms with van der Waals surface area (Å²) >= 11 is 0. The Balaban J connectivity index is 2.24. The van der Waals surface area contributed by atoms with E-state index in [1.54, 1.807) is 0 Å². The number of anilines is 1. The number of rotatable bonds is 5. The van der Waals surface area contributed by atoms with Crippen molar-refractivity contribution in [2.45, 2.75) is 6.54 Å². The maximum absolute atomic E-state index is 13.5. The minimum Gasteiger partial charge on any atom is -0.481 e. The molecule has 1 aromatic heterocycles. The molecular formula is C13H13F2N3O2. The summed E-state index contributed by atoms with van der Waals surface area (Å²) in [5, 5.41) is 2.76. The summed E-state index contributed by atoms with van der Waals surface area (Å²) in [7, 11) is 2.90. The number of methoxy groups -OCH3 is 2. The van der Waals surface area contributed by atoms with Gasteiger partial charge in [-0.15, -0.1) is 0 Å². The Morgan fingerprint density at radius 3 is 2.35 bits per heavy atom. The molecule has 0 radical (unpaired) electrons. The first-order valence-corrected chi connectivity index (χ1v) is 5.77. The van der Waals surface area contributed by atoms with Gasteiger partial charge in [-0.2, -0.15) is 0 Å². The van der Waals surface area contributed by atoms with Crippen LogP contribution in [0.4, 0.5) is 14.5 Å². The zero-order valence-electron chi connectivity index (χ0n) is 11.0. The smallest absolute Gasteiger partial charge is 0.225 e. The van der Waals surface area contributed by atoms with E-state index >= 15 is 0 Å². The largest absolute Gasteiger partial charge is 0.481 e. The van der Waals surface area contributed by atoms with Gasteiger partial charge in [0.25, 0.3) is 0 Å². The molecule has 0 aliphatic rings. The van der Waals surface area contributed by atoms with E-state index in [9.17, 15) is 8.78 Å². The molecule has 0 spiro atoms. The van der Waals surface area contributed by atoms with Crippen LogP contribution in [0.15, 0.2) is 24.5 Å². The summed E-state index contributed by atoms with van der Waals surface area (Å²) in [6.07, 6.45) is 1.30. The molecule has 0 unspecified atom stereocenters. The summed E-state index contributed by atoms with van der Waals surface area (Å²) in [4.78, 5) is 7.87. The maximum Gasteiger partial charge on any atom is 0.225 e. The van der Waals surface area contributed by atoms with Gasteiger partial charge in [-0.3, -0.25) is 0 Å². The Labute approximate surface area is 114 Å². The van der Waals surface area contributed by atoms with Crippen molar-refractivity contribution in [2.24, 2.45) is 0 Å². The van der Waals surface area contributed by atoms with E-state index in [2.05, 4.69) is 15.3 Å². The van der Waals surface area contributed by atoms with E-state index in [0.29, 0.717) is 17.3 Å².